The second-order valence-electron chi connectivity index (χ2n) is 7.62. The van der Waals surface area contributed by atoms with E-state index in [1.54, 1.807) is 21.3 Å². The van der Waals surface area contributed by atoms with Crippen molar-refractivity contribution < 1.29 is 9.47 Å². The molecule has 0 bridgehead atoms. The van der Waals surface area contributed by atoms with Crippen LogP contribution in [0.1, 0.15) is 44.7 Å². The number of guanidine groups is 1. The topological polar surface area (TPSA) is 58.1 Å². The number of aliphatic imine (C=N–C) groups is 1. The van der Waals surface area contributed by atoms with Crippen LogP contribution in [-0.2, 0) is 4.74 Å². The van der Waals surface area contributed by atoms with Crippen LogP contribution in [0.4, 0.5) is 0 Å². The van der Waals surface area contributed by atoms with Gasteiger partial charge in [-0.25, -0.2) is 0 Å². The van der Waals surface area contributed by atoms with Crippen LogP contribution in [0.15, 0.2) is 29.3 Å². The summed E-state index contributed by atoms with van der Waals surface area (Å²) in [7, 11) is 5.27. The van der Waals surface area contributed by atoms with Gasteiger partial charge in [0.15, 0.2) is 5.96 Å². The van der Waals surface area contributed by atoms with Gasteiger partial charge in [-0.15, -0.1) is 0 Å². The number of hydrogen-bond donors (Lipinski definition) is 2. The summed E-state index contributed by atoms with van der Waals surface area (Å²) < 4.78 is 11.1. The lowest BCUT2D eigenvalue weighted by molar-refractivity contribution is 0.0268. The molecule has 1 heterocycles. The minimum atomic E-state index is -0.244. The molecule has 0 aromatic heterocycles. The third kappa shape index (κ3) is 6.40. The Bertz CT molecular complexity index is 598. The molecule has 1 aliphatic rings. The molecule has 0 aliphatic carbocycles. The molecule has 1 atom stereocenters. The Kier molecular flexibility index (Phi) is 8.38. The largest absolute Gasteiger partial charge is 0.496 e. The number of nitrogens with zero attached hydrogens (tertiary/aromatic N) is 2. The van der Waals surface area contributed by atoms with Crippen molar-refractivity contribution >= 4 is 5.96 Å². The number of benzene rings is 1. The number of hydrogen-bond acceptors (Lipinski definition) is 4. The van der Waals surface area contributed by atoms with Gasteiger partial charge in [0.25, 0.3) is 0 Å². The first-order chi connectivity index (χ1) is 13.0. The lowest BCUT2D eigenvalue weighted by Gasteiger charge is -2.36. The van der Waals surface area contributed by atoms with Crippen molar-refractivity contribution in [3.8, 4) is 5.75 Å². The van der Waals surface area contributed by atoms with E-state index in [2.05, 4.69) is 46.5 Å². The first-order valence-corrected chi connectivity index (χ1v) is 9.87. The predicted molar refractivity (Wildman–Crippen MR) is 112 cm³/mol. The molecule has 0 radical (unpaired) electrons. The van der Waals surface area contributed by atoms with E-state index in [9.17, 15) is 0 Å². The highest BCUT2D eigenvalue weighted by atomic mass is 16.5. The van der Waals surface area contributed by atoms with E-state index in [-0.39, 0.29) is 11.6 Å². The molecule has 1 aromatic rings. The summed E-state index contributed by atoms with van der Waals surface area (Å²) in [5, 5.41) is 6.86. The first kappa shape index (κ1) is 21.5. The summed E-state index contributed by atoms with van der Waals surface area (Å²) in [6.45, 7) is 7.80. The Balaban J connectivity index is 2.09. The lowest BCUT2D eigenvalue weighted by atomic mass is 10.0. The Labute approximate surface area is 164 Å². The highest BCUT2D eigenvalue weighted by Crippen LogP contribution is 2.30. The fourth-order valence-electron chi connectivity index (χ4n) is 3.39. The lowest BCUT2D eigenvalue weighted by Crippen LogP contribution is -2.48. The number of rotatable bonds is 8. The average Bonchev–Trinajstić information content (AvgIpc) is 2.71. The highest BCUT2D eigenvalue weighted by Gasteiger charge is 2.25. The Hall–Kier alpha value is -1.79. The Morgan fingerprint density at radius 1 is 1.15 bits per heavy atom. The number of piperidine rings is 1. The fourth-order valence-corrected chi connectivity index (χ4v) is 3.39. The van der Waals surface area contributed by atoms with Crippen LogP contribution in [0, 0.1) is 0 Å². The van der Waals surface area contributed by atoms with Gasteiger partial charge in [-0.2, -0.15) is 0 Å². The predicted octanol–water partition coefficient (Wildman–Crippen LogP) is 2.81. The third-order valence-electron chi connectivity index (χ3n) is 5.25. The van der Waals surface area contributed by atoms with Crippen molar-refractivity contribution in [2.45, 2.75) is 44.8 Å². The van der Waals surface area contributed by atoms with Crippen molar-refractivity contribution in [1.29, 1.82) is 0 Å². The summed E-state index contributed by atoms with van der Waals surface area (Å²) in [5.41, 5.74) is 0.981. The van der Waals surface area contributed by atoms with E-state index < -0.39 is 0 Å². The number of ether oxygens (including phenoxy) is 2. The fraction of sp³-hybridized carbons (Fsp3) is 0.667. The first-order valence-electron chi connectivity index (χ1n) is 9.87. The summed E-state index contributed by atoms with van der Waals surface area (Å²) in [4.78, 5) is 6.92. The molecule has 0 saturated carbocycles. The zero-order chi connectivity index (χ0) is 19.7. The van der Waals surface area contributed by atoms with Gasteiger partial charge in [0.2, 0.25) is 0 Å². The minimum Gasteiger partial charge on any atom is -0.496 e. The maximum absolute atomic E-state index is 5.64. The Morgan fingerprint density at radius 2 is 1.85 bits per heavy atom. The number of methoxy groups -OCH3 is 2. The molecular formula is C21H36N4O2. The van der Waals surface area contributed by atoms with Gasteiger partial charge >= 0.3 is 0 Å². The molecular weight excluding hydrogens is 340 g/mol. The monoisotopic (exact) mass is 376 g/mol. The minimum absolute atomic E-state index is 0.244. The van der Waals surface area contributed by atoms with Crippen LogP contribution in [-0.4, -0.2) is 63.9 Å². The van der Waals surface area contributed by atoms with Crippen LogP contribution < -0.4 is 15.4 Å². The van der Waals surface area contributed by atoms with Crippen molar-refractivity contribution in [3.63, 3.8) is 0 Å². The maximum Gasteiger partial charge on any atom is 0.191 e. The van der Waals surface area contributed by atoms with Crippen LogP contribution in [0.3, 0.4) is 0 Å². The van der Waals surface area contributed by atoms with E-state index >= 15 is 0 Å². The molecule has 1 aliphatic heterocycles. The molecule has 152 valence electrons. The van der Waals surface area contributed by atoms with Crippen LogP contribution in [0.25, 0.3) is 0 Å². The van der Waals surface area contributed by atoms with E-state index in [1.807, 2.05) is 12.1 Å². The zero-order valence-corrected chi connectivity index (χ0v) is 17.5. The molecule has 0 amide bonds. The van der Waals surface area contributed by atoms with Gasteiger partial charge in [0.1, 0.15) is 5.75 Å². The molecule has 0 spiro atoms. The van der Waals surface area contributed by atoms with E-state index in [0.717, 1.165) is 31.3 Å². The van der Waals surface area contributed by atoms with Gasteiger partial charge in [0, 0.05) is 32.8 Å². The molecule has 1 saturated heterocycles. The van der Waals surface area contributed by atoms with Gasteiger partial charge < -0.3 is 20.1 Å². The molecule has 2 N–H and O–H groups in total. The summed E-state index contributed by atoms with van der Waals surface area (Å²) in [6, 6.07) is 8.57. The molecule has 6 nitrogen and oxygen atoms in total. The molecule has 6 heteroatoms. The molecule has 1 fully saturated rings. The molecule has 2 rings (SSSR count). The van der Waals surface area contributed by atoms with E-state index in [1.165, 1.54) is 24.8 Å². The smallest absolute Gasteiger partial charge is 0.191 e. The second kappa shape index (κ2) is 10.5. The average molecular weight is 377 g/mol. The van der Waals surface area contributed by atoms with Crippen LogP contribution in [0.5, 0.6) is 5.75 Å². The summed E-state index contributed by atoms with van der Waals surface area (Å²) in [5.74, 6) is 1.73. The maximum atomic E-state index is 5.64. The van der Waals surface area contributed by atoms with Crippen molar-refractivity contribution in [3.05, 3.63) is 29.8 Å². The number of likely N-dealkylation sites (tertiary alicyclic amines) is 1. The molecule has 1 aromatic carbocycles. The number of para-hydroxylation sites is 1. The summed E-state index contributed by atoms with van der Waals surface area (Å²) in [6.07, 6.45) is 3.82. The van der Waals surface area contributed by atoms with Crippen molar-refractivity contribution in [2.75, 3.05) is 47.4 Å². The zero-order valence-electron chi connectivity index (χ0n) is 17.5. The van der Waals surface area contributed by atoms with E-state index in [4.69, 9.17) is 9.47 Å². The Morgan fingerprint density at radius 3 is 2.48 bits per heavy atom. The summed E-state index contributed by atoms with van der Waals surface area (Å²) >= 11 is 0. The highest BCUT2D eigenvalue weighted by molar-refractivity contribution is 5.79. The van der Waals surface area contributed by atoms with Gasteiger partial charge in [-0.1, -0.05) is 24.6 Å². The molecule has 1 unspecified atom stereocenters. The van der Waals surface area contributed by atoms with E-state index in [0.29, 0.717) is 6.54 Å². The third-order valence-corrected chi connectivity index (χ3v) is 5.25. The van der Waals surface area contributed by atoms with Crippen LogP contribution >= 0.6 is 0 Å². The SMILES string of the molecule is CN=C(NCC(c1ccccc1OC)N1CCCCC1)NCC(C)(C)OC. The molecule has 27 heavy (non-hydrogen) atoms. The van der Waals surface area contributed by atoms with Crippen molar-refractivity contribution in [1.82, 2.24) is 15.5 Å². The quantitative estimate of drug-likeness (QED) is 0.540. The normalized spacial score (nSPS) is 17.4. The number of nitrogens with one attached hydrogen (secondary N) is 2. The van der Waals surface area contributed by atoms with Gasteiger partial charge in [-0.3, -0.25) is 9.89 Å². The van der Waals surface area contributed by atoms with Gasteiger partial charge in [0.05, 0.1) is 18.8 Å². The van der Waals surface area contributed by atoms with Crippen LogP contribution in [0.2, 0.25) is 0 Å². The van der Waals surface area contributed by atoms with Crippen molar-refractivity contribution in [2.24, 2.45) is 4.99 Å². The second-order valence-corrected chi connectivity index (χ2v) is 7.62. The van der Waals surface area contributed by atoms with Gasteiger partial charge in [-0.05, 0) is 45.8 Å². The standard InChI is InChI=1S/C21H36N4O2/c1-21(2,27-5)16-24-20(22-3)23-15-18(25-13-9-6-10-14-25)17-11-7-8-12-19(17)26-4/h7-8,11-12,18H,6,9-10,13-16H2,1-5H3,(H2,22,23,24).